The number of anilines is 3. The molecule has 5 heteroatoms. The van der Waals surface area contributed by atoms with Crippen molar-refractivity contribution in [2.24, 2.45) is 0 Å². The average Bonchev–Trinajstić information content (AvgIpc) is 3.76. The highest BCUT2D eigenvalue weighted by molar-refractivity contribution is 7.92. The monoisotopic (exact) mass is 776 g/mol. The fourth-order valence-electron chi connectivity index (χ4n) is 8.78. The van der Waals surface area contributed by atoms with E-state index in [0.717, 1.165) is 61.7 Å². The molecule has 59 heavy (non-hydrogen) atoms. The van der Waals surface area contributed by atoms with Crippen LogP contribution in [0.15, 0.2) is 228 Å². The van der Waals surface area contributed by atoms with Crippen molar-refractivity contribution in [2.45, 2.75) is 9.79 Å². The van der Waals surface area contributed by atoms with E-state index in [1.165, 1.54) is 21.8 Å². The van der Waals surface area contributed by atoms with Crippen LogP contribution in [0.2, 0.25) is 0 Å². The van der Waals surface area contributed by atoms with Crippen LogP contribution in [0, 0.1) is 0 Å². The number of hydrogen-bond donors (Lipinski definition) is 0. The van der Waals surface area contributed by atoms with Gasteiger partial charge in [0.1, 0.15) is 0 Å². The van der Waals surface area contributed by atoms with Crippen LogP contribution in [0.3, 0.4) is 0 Å². The molecule has 0 N–H and O–H groups in total. The van der Waals surface area contributed by atoms with E-state index in [4.69, 9.17) is 0 Å². The maximum absolute atomic E-state index is 13.8. The van der Waals surface area contributed by atoms with Gasteiger partial charge in [-0.2, -0.15) is 0 Å². The van der Waals surface area contributed by atoms with Crippen LogP contribution in [0.4, 0.5) is 17.1 Å². The SMILES string of the molecule is O=S1(=O)c2ccccc2-c2cccc(-c3ccc(N(c4ccc(-c5ccccc5)cc4)c4ccc(-c5ccc6c(c5)c5ccccc5n6-c5ccccc5)cc4)cc3)c21. The Kier molecular flexibility index (Phi) is 8.17. The molecule has 0 fully saturated rings. The summed E-state index contributed by atoms with van der Waals surface area (Å²) in [6, 6.07) is 75.0. The fraction of sp³-hybridized carbons (Fsp3) is 0. The second-order valence-electron chi connectivity index (χ2n) is 14.9. The summed E-state index contributed by atoms with van der Waals surface area (Å²) in [5.74, 6) is 0. The molecule has 0 amide bonds. The first kappa shape index (κ1) is 34.8. The Hall–Kier alpha value is -7.47. The Morgan fingerprint density at radius 2 is 0.847 bits per heavy atom. The van der Waals surface area contributed by atoms with Crippen molar-refractivity contribution in [1.29, 1.82) is 0 Å². The molecule has 1 aromatic heterocycles. The zero-order chi connectivity index (χ0) is 39.5. The van der Waals surface area contributed by atoms with Gasteiger partial charge in [0.2, 0.25) is 9.84 Å². The molecule has 0 bridgehead atoms. The smallest absolute Gasteiger partial charge is 0.208 e. The maximum Gasteiger partial charge on any atom is 0.208 e. The van der Waals surface area contributed by atoms with Crippen molar-refractivity contribution in [1.82, 2.24) is 4.57 Å². The maximum atomic E-state index is 13.8. The molecule has 11 rings (SSSR count). The van der Waals surface area contributed by atoms with Crippen molar-refractivity contribution in [3.05, 3.63) is 218 Å². The predicted octanol–water partition coefficient (Wildman–Crippen LogP) is 14.1. The lowest BCUT2D eigenvalue weighted by Gasteiger charge is -2.26. The number of nitrogens with zero attached hydrogens (tertiary/aromatic N) is 2. The molecule has 0 atom stereocenters. The van der Waals surface area contributed by atoms with E-state index < -0.39 is 9.84 Å². The molecule has 2 heterocycles. The van der Waals surface area contributed by atoms with Crippen molar-refractivity contribution < 1.29 is 8.42 Å². The fourth-order valence-corrected chi connectivity index (χ4v) is 10.7. The minimum Gasteiger partial charge on any atom is -0.311 e. The van der Waals surface area contributed by atoms with Gasteiger partial charge in [0, 0.05) is 50.2 Å². The quantitative estimate of drug-likeness (QED) is 0.162. The molecule has 280 valence electrons. The first-order valence-corrected chi connectivity index (χ1v) is 21.2. The number of para-hydroxylation sites is 2. The third-order valence-electron chi connectivity index (χ3n) is 11.6. The Morgan fingerprint density at radius 1 is 0.356 bits per heavy atom. The number of fused-ring (bicyclic) bond motifs is 6. The van der Waals surface area contributed by atoms with E-state index in [2.05, 4.69) is 167 Å². The standard InChI is InChI=1S/C54H36N2O2S/c57-59(58)53-21-10-8-17-48(53)49-19-11-18-46(54(49)59)40-26-33-45(34-27-40)55(43-29-22-38(23-30-43)37-12-3-1-4-13-37)44-31-24-39(25-32-44)41-28-35-52-50(36-41)47-16-7-9-20-51(47)56(52)42-14-5-2-6-15-42/h1-36H. The van der Waals surface area contributed by atoms with E-state index in [9.17, 15) is 8.42 Å². The van der Waals surface area contributed by atoms with E-state index in [1.54, 1.807) is 12.1 Å². The molecule has 4 nitrogen and oxygen atoms in total. The molecule has 0 radical (unpaired) electrons. The average molecular weight is 777 g/mol. The molecule has 0 spiro atoms. The molecule has 1 aliphatic rings. The summed E-state index contributed by atoms with van der Waals surface area (Å²) in [6.07, 6.45) is 0. The third-order valence-corrected chi connectivity index (χ3v) is 13.5. The highest BCUT2D eigenvalue weighted by Gasteiger charge is 2.35. The Balaban J connectivity index is 0.983. The van der Waals surface area contributed by atoms with Crippen molar-refractivity contribution >= 4 is 48.7 Å². The molecule has 9 aromatic carbocycles. The van der Waals surface area contributed by atoms with Gasteiger partial charge in [-0.3, -0.25) is 0 Å². The second kappa shape index (κ2) is 13.9. The zero-order valence-electron chi connectivity index (χ0n) is 31.9. The third kappa shape index (κ3) is 5.78. The Morgan fingerprint density at radius 3 is 1.54 bits per heavy atom. The summed E-state index contributed by atoms with van der Waals surface area (Å²) < 4.78 is 30.0. The van der Waals surface area contributed by atoms with Crippen LogP contribution in [-0.4, -0.2) is 13.0 Å². The van der Waals surface area contributed by atoms with Crippen molar-refractivity contribution in [3.63, 3.8) is 0 Å². The predicted molar refractivity (Wildman–Crippen MR) is 243 cm³/mol. The van der Waals surface area contributed by atoms with Gasteiger partial charge in [-0.25, -0.2) is 8.42 Å². The molecule has 10 aromatic rings. The highest BCUT2D eigenvalue weighted by atomic mass is 32.2. The molecule has 0 unspecified atom stereocenters. The normalized spacial score (nSPS) is 12.7. The molecular formula is C54H36N2O2S. The summed E-state index contributed by atoms with van der Waals surface area (Å²) >= 11 is 0. The van der Waals surface area contributed by atoms with Crippen LogP contribution in [-0.2, 0) is 9.84 Å². The van der Waals surface area contributed by atoms with Crippen LogP contribution >= 0.6 is 0 Å². The first-order chi connectivity index (χ1) is 29.0. The van der Waals surface area contributed by atoms with Crippen molar-refractivity contribution in [3.8, 4) is 50.2 Å². The zero-order valence-corrected chi connectivity index (χ0v) is 32.7. The number of aromatic nitrogens is 1. The van der Waals surface area contributed by atoms with Gasteiger partial charge in [0.15, 0.2) is 0 Å². The summed E-state index contributed by atoms with van der Waals surface area (Å²) in [5, 5.41) is 2.44. The lowest BCUT2D eigenvalue weighted by molar-refractivity contribution is 0.599. The highest BCUT2D eigenvalue weighted by Crippen LogP contribution is 2.48. The van der Waals surface area contributed by atoms with E-state index >= 15 is 0 Å². The Bertz CT molecular complexity index is 3300. The summed E-state index contributed by atoms with van der Waals surface area (Å²) in [6.45, 7) is 0. The van der Waals surface area contributed by atoms with Gasteiger partial charge >= 0.3 is 0 Å². The number of rotatable bonds is 7. The lowest BCUT2D eigenvalue weighted by atomic mass is 9.98. The largest absolute Gasteiger partial charge is 0.311 e. The minimum atomic E-state index is -3.66. The van der Waals surface area contributed by atoms with Gasteiger partial charge in [-0.1, -0.05) is 146 Å². The van der Waals surface area contributed by atoms with E-state index in [1.807, 2.05) is 48.5 Å². The van der Waals surface area contributed by atoms with Gasteiger partial charge < -0.3 is 9.47 Å². The van der Waals surface area contributed by atoms with Gasteiger partial charge in [-0.15, -0.1) is 0 Å². The van der Waals surface area contributed by atoms with E-state index in [-0.39, 0.29) is 0 Å². The number of hydrogen-bond acceptors (Lipinski definition) is 3. The van der Waals surface area contributed by atoms with E-state index in [0.29, 0.717) is 15.4 Å². The topological polar surface area (TPSA) is 42.3 Å². The minimum absolute atomic E-state index is 0.367. The molecular weight excluding hydrogens is 741 g/mol. The summed E-state index contributed by atoms with van der Waals surface area (Å²) in [7, 11) is -3.66. The number of sulfone groups is 1. The van der Waals surface area contributed by atoms with Crippen LogP contribution < -0.4 is 4.90 Å². The van der Waals surface area contributed by atoms with Gasteiger partial charge in [0.25, 0.3) is 0 Å². The van der Waals surface area contributed by atoms with Crippen LogP contribution in [0.1, 0.15) is 0 Å². The molecule has 0 saturated carbocycles. The van der Waals surface area contributed by atoms with Gasteiger partial charge in [0.05, 0.1) is 20.8 Å². The molecule has 1 aliphatic heterocycles. The second-order valence-corrected chi connectivity index (χ2v) is 16.8. The van der Waals surface area contributed by atoms with Crippen molar-refractivity contribution in [2.75, 3.05) is 4.90 Å². The Labute approximate surface area is 343 Å². The molecule has 0 aliphatic carbocycles. The summed E-state index contributed by atoms with van der Waals surface area (Å²) in [4.78, 5) is 2.99. The van der Waals surface area contributed by atoms with Gasteiger partial charge in [-0.05, 0) is 101 Å². The number of benzene rings is 9. The lowest BCUT2D eigenvalue weighted by Crippen LogP contribution is -2.09. The van der Waals surface area contributed by atoms with Crippen LogP contribution in [0.5, 0.6) is 0 Å². The van der Waals surface area contributed by atoms with Crippen LogP contribution in [0.25, 0.3) is 72.0 Å². The first-order valence-electron chi connectivity index (χ1n) is 19.8. The molecule has 0 saturated heterocycles. The summed E-state index contributed by atoms with van der Waals surface area (Å²) in [5.41, 5.74) is 14.1.